The van der Waals surface area contributed by atoms with E-state index in [0.29, 0.717) is 19.6 Å². The number of fused-ring (bicyclic) bond motifs is 1. The summed E-state index contributed by atoms with van der Waals surface area (Å²) in [7, 11) is 0. The summed E-state index contributed by atoms with van der Waals surface area (Å²) < 4.78 is 11.6. The monoisotopic (exact) mass is 353 g/mol. The van der Waals surface area contributed by atoms with Crippen molar-refractivity contribution in [2.45, 2.75) is 53.2 Å². The highest BCUT2D eigenvalue weighted by Gasteiger charge is 2.22. The number of rotatable bonds is 6. The van der Waals surface area contributed by atoms with Crippen molar-refractivity contribution < 1.29 is 14.3 Å². The van der Waals surface area contributed by atoms with Gasteiger partial charge in [0.05, 0.1) is 13.0 Å². The lowest BCUT2D eigenvalue weighted by atomic mass is 10.0. The molecule has 0 spiro atoms. The molecule has 0 bridgehead atoms. The third-order valence-electron chi connectivity index (χ3n) is 4.79. The van der Waals surface area contributed by atoms with Crippen molar-refractivity contribution in [1.29, 1.82) is 0 Å². The summed E-state index contributed by atoms with van der Waals surface area (Å²) in [4.78, 5) is 12.4. The molecule has 4 nitrogen and oxygen atoms in total. The lowest BCUT2D eigenvalue weighted by Gasteiger charge is -2.13. The van der Waals surface area contributed by atoms with E-state index >= 15 is 0 Å². The number of carbonyl (C=O) groups excluding carboxylic acids is 1. The van der Waals surface area contributed by atoms with Crippen LogP contribution in [0.2, 0.25) is 0 Å². The molecule has 0 saturated heterocycles. The third-order valence-corrected chi connectivity index (χ3v) is 4.79. The van der Waals surface area contributed by atoms with Crippen molar-refractivity contribution in [2.75, 3.05) is 6.61 Å². The Morgan fingerprint density at radius 3 is 2.77 bits per heavy atom. The zero-order valence-electron chi connectivity index (χ0n) is 16.0. The van der Waals surface area contributed by atoms with E-state index in [4.69, 9.17) is 9.47 Å². The molecule has 1 aliphatic rings. The summed E-state index contributed by atoms with van der Waals surface area (Å²) in [5, 5.41) is 3.01. The van der Waals surface area contributed by atoms with Crippen molar-refractivity contribution in [3.63, 3.8) is 0 Å². The molecule has 2 aromatic carbocycles. The van der Waals surface area contributed by atoms with E-state index in [1.54, 1.807) is 0 Å². The van der Waals surface area contributed by atoms with Gasteiger partial charge in [-0.15, -0.1) is 0 Å². The van der Waals surface area contributed by atoms with E-state index in [0.717, 1.165) is 29.0 Å². The molecule has 138 valence electrons. The summed E-state index contributed by atoms with van der Waals surface area (Å²) in [6.07, 6.45) is 1.47. The van der Waals surface area contributed by atoms with Gasteiger partial charge in [-0.1, -0.05) is 18.2 Å². The number of carbonyl (C=O) groups is 1. The summed E-state index contributed by atoms with van der Waals surface area (Å²) in [6.45, 7) is 9.20. The second kappa shape index (κ2) is 7.81. The molecular weight excluding hydrogens is 326 g/mol. The number of hydrogen-bond donors (Lipinski definition) is 1. The molecule has 4 heteroatoms. The number of aryl methyl sites for hydroxylation is 2. The van der Waals surface area contributed by atoms with E-state index < -0.39 is 0 Å². The normalized spacial score (nSPS) is 15.3. The molecule has 1 unspecified atom stereocenters. The summed E-state index contributed by atoms with van der Waals surface area (Å²) in [5.41, 5.74) is 5.60. The Bertz CT molecular complexity index is 813. The molecule has 0 fully saturated rings. The van der Waals surface area contributed by atoms with Gasteiger partial charge in [-0.25, -0.2) is 0 Å². The van der Waals surface area contributed by atoms with Gasteiger partial charge < -0.3 is 14.8 Å². The smallest absolute Gasteiger partial charge is 0.224 e. The fourth-order valence-electron chi connectivity index (χ4n) is 3.26. The minimum absolute atomic E-state index is 0.00508. The number of ether oxygens (including phenoxy) is 2. The lowest BCUT2D eigenvalue weighted by molar-refractivity contribution is -0.120. The fraction of sp³-hybridized carbons (Fsp3) is 0.409. The average Bonchev–Trinajstić information content (AvgIpc) is 2.95. The van der Waals surface area contributed by atoms with Crippen LogP contribution in [0.1, 0.15) is 41.7 Å². The molecule has 0 saturated carbocycles. The number of amides is 1. The van der Waals surface area contributed by atoms with Gasteiger partial charge >= 0.3 is 0 Å². The molecule has 3 rings (SSSR count). The SMILES string of the molecule is CCOc1cc2c(cc1CNC(=O)Cc1ccc(C)c(C)c1)OC(C)C2. The molecule has 1 heterocycles. The van der Waals surface area contributed by atoms with Crippen LogP contribution in [0.3, 0.4) is 0 Å². The minimum atomic E-state index is 0.00508. The molecule has 0 aliphatic carbocycles. The molecule has 0 aromatic heterocycles. The Morgan fingerprint density at radius 1 is 1.23 bits per heavy atom. The summed E-state index contributed by atoms with van der Waals surface area (Å²) in [5.74, 6) is 1.74. The quantitative estimate of drug-likeness (QED) is 0.857. The van der Waals surface area contributed by atoms with Crippen molar-refractivity contribution in [3.05, 3.63) is 58.1 Å². The van der Waals surface area contributed by atoms with Crippen LogP contribution >= 0.6 is 0 Å². The van der Waals surface area contributed by atoms with Crippen LogP contribution < -0.4 is 14.8 Å². The highest BCUT2D eigenvalue weighted by atomic mass is 16.5. The molecule has 1 aliphatic heterocycles. The Labute approximate surface area is 155 Å². The molecule has 2 aromatic rings. The van der Waals surface area contributed by atoms with Crippen LogP contribution in [-0.2, 0) is 24.2 Å². The van der Waals surface area contributed by atoms with Crippen molar-refractivity contribution >= 4 is 5.91 Å². The topological polar surface area (TPSA) is 47.6 Å². The first-order valence-electron chi connectivity index (χ1n) is 9.24. The second-order valence-electron chi connectivity index (χ2n) is 7.01. The Kier molecular flexibility index (Phi) is 5.50. The first-order valence-corrected chi connectivity index (χ1v) is 9.24. The minimum Gasteiger partial charge on any atom is -0.494 e. The van der Waals surface area contributed by atoms with Gasteiger partial charge in [0.1, 0.15) is 17.6 Å². The van der Waals surface area contributed by atoms with Gasteiger partial charge in [0.15, 0.2) is 0 Å². The van der Waals surface area contributed by atoms with Gasteiger partial charge in [-0.2, -0.15) is 0 Å². The van der Waals surface area contributed by atoms with Crippen molar-refractivity contribution in [3.8, 4) is 11.5 Å². The largest absolute Gasteiger partial charge is 0.494 e. The highest BCUT2D eigenvalue weighted by molar-refractivity contribution is 5.78. The molecule has 26 heavy (non-hydrogen) atoms. The van der Waals surface area contributed by atoms with Gasteiger partial charge in [-0.05, 0) is 56.5 Å². The van der Waals surface area contributed by atoms with E-state index in [1.165, 1.54) is 16.7 Å². The number of hydrogen-bond acceptors (Lipinski definition) is 3. The van der Waals surface area contributed by atoms with Crippen LogP contribution in [0, 0.1) is 13.8 Å². The van der Waals surface area contributed by atoms with Gasteiger partial charge in [-0.3, -0.25) is 4.79 Å². The van der Waals surface area contributed by atoms with E-state index in [2.05, 4.69) is 38.2 Å². The van der Waals surface area contributed by atoms with Gasteiger partial charge in [0, 0.05) is 24.1 Å². The maximum Gasteiger partial charge on any atom is 0.224 e. The summed E-state index contributed by atoms with van der Waals surface area (Å²) in [6, 6.07) is 10.2. The molecule has 1 amide bonds. The van der Waals surface area contributed by atoms with Crippen LogP contribution in [0.15, 0.2) is 30.3 Å². The molecule has 1 atom stereocenters. The first-order chi connectivity index (χ1) is 12.5. The second-order valence-corrected chi connectivity index (χ2v) is 7.01. The molecular formula is C22H27NO3. The van der Waals surface area contributed by atoms with Gasteiger partial charge in [0.2, 0.25) is 5.91 Å². The number of benzene rings is 2. The van der Waals surface area contributed by atoms with Crippen LogP contribution in [0.4, 0.5) is 0 Å². The zero-order chi connectivity index (χ0) is 18.7. The highest BCUT2D eigenvalue weighted by Crippen LogP contribution is 2.35. The summed E-state index contributed by atoms with van der Waals surface area (Å²) >= 11 is 0. The van der Waals surface area contributed by atoms with Crippen molar-refractivity contribution in [1.82, 2.24) is 5.32 Å². The molecule has 1 N–H and O–H groups in total. The van der Waals surface area contributed by atoms with Gasteiger partial charge in [0.25, 0.3) is 0 Å². The Hall–Kier alpha value is -2.49. The predicted octanol–water partition coefficient (Wildman–Crippen LogP) is 3.88. The maximum atomic E-state index is 12.4. The molecule has 0 radical (unpaired) electrons. The first kappa shape index (κ1) is 18.3. The zero-order valence-corrected chi connectivity index (χ0v) is 16.0. The maximum absolute atomic E-state index is 12.4. The fourth-order valence-corrected chi connectivity index (χ4v) is 3.26. The average molecular weight is 353 g/mol. The Morgan fingerprint density at radius 2 is 2.04 bits per heavy atom. The predicted molar refractivity (Wildman–Crippen MR) is 103 cm³/mol. The third kappa shape index (κ3) is 4.18. The van der Waals surface area contributed by atoms with Crippen LogP contribution in [0.5, 0.6) is 11.5 Å². The van der Waals surface area contributed by atoms with Crippen LogP contribution in [-0.4, -0.2) is 18.6 Å². The van der Waals surface area contributed by atoms with E-state index in [1.807, 2.05) is 25.1 Å². The van der Waals surface area contributed by atoms with Crippen LogP contribution in [0.25, 0.3) is 0 Å². The van der Waals surface area contributed by atoms with Crippen molar-refractivity contribution in [2.24, 2.45) is 0 Å². The standard InChI is InChI=1S/C22H27NO3/c1-5-25-20-11-18-9-16(4)26-21(18)12-19(20)13-23-22(24)10-17-7-6-14(2)15(3)8-17/h6-8,11-12,16H,5,9-10,13H2,1-4H3,(H,23,24). The van der Waals surface area contributed by atoms with E-state index in [-0.39, 0.29) is 12.0 Å². The lowest BCUT2D eigenvalue weighted by Crippen LogP contribution is -2.25. The van der Waals surface area contributed by atoms with E-state index in [9.17, 15) is 4.79 Å². The number of nitrogens with one attached hydrogen (secondary N) is 1. The Balaban J connectivity index is 1.67.